The highest BCUT2D eigenvalue weighted by atomic mass is 16.3. The van der Waals surface area contributed by atoms with Gasteiger partial charge < -0.3 is 15.5 Å². The third-order valence-electron chi connectivity index (χ3n) is 4.26. The van der Waals surface area contributed by atoms with E-state index in [1.54, 1.807) is 6.07 Å². The maximum atomic E-state index is 12.5. The van der Waals surface area contributed by atoms with Gasteiger partial charge in [0.15, 0.2) is 5.76 Å². The Hall–Kier alpha value is -2.60. The van der Waals surface area contributed by atoms with Gasteiger partial charge in [0.2, 0.25) is 5.91 Å². The number of nitrogens with zero attached hydrogens (tertiary/aromatic N) is 1. The van der Waals surface area contributed by atoms with Crippen LogP contribution in [-0.2, 0) is 4.79 Å². The van der Waals surface area contributed by atoms with E-state index in [-0.39, 0.29) is 24.4 Å². The molecule has 1 aromatic heterocycles. The van der Waals surface area contributed by atoms with Crippen LogP contribution in [0.15, 0.2) is 47.1 Å². The van der Waals surface area contributed by atoms with Gasteiger partial charge in [0.1, 0.15) is 0 Å². The molecule has 0 aliphatic carbocycles. The van der Waals surface area contributed by atoms with E-state index >= 15 is 0 Å². The highest BCUT2D eigenvalue weighted by Crippen LogP contribution is 2.25. The van der Waals surface area contributed by atoms with Gasteiger partial charge in [-0.25, -0.2) is 0 Å². The molecule has 2 aromatic rings. The number of nitrogens with one attached hydrogen (secondary N) is 1. The fraction of sp³-hybridized carbons (Fsp3) is 0.333. The summed E-state index contributed by atoms with van der Waals surface area (Å²) >= 11 is 0. The lowest BCUT2D eigenvalue weighted by molar-refractivity contribution is -0.119. The van der Waals surface area contributed by atoms with Gasteiger partial charge in [-0.15, -0.1) is 0 Å². The second-order valence-corrected chi connectivity index (χ2v) is 6.02. The predicted molar refractivity (Wildman–Crippen MR) is 90.3 cm³/mol. The molecule has 6 heteroatoms. The van der Waals surface area contributed by atoms with E-state index in [9.17, 15) is 9.59 Å². The fourth-order valence-corrected chi connectivity index (χ4v) is 3.04. The Bertz CT molecular complexity index is 703. The molecule has 2 heterocycles. The van der Waals surface area contributed by atoms with Gasteiger partial charge in [-0.2, -0.15) is 0 Å². The van der Waals surface area contributed by atoms with Gasteiger partial charge in [0.25, 0.3) is 5.91 Å². The number of benzene rings is 1. The summed E-state index contributed by atoms with van der Waals surface area (Å²) < 4.78 is 5.41. The van der Waals surface area contributed by atoms with Crippen molar-refractivity contribution in [3.05, 3.63) is 48.4 Å². The average Bonchev–Trinajstić information content (AvgIpc) is 3.07. The number of carbonyl (C=O) groups is 2. The summed E-state index contributed by atoms with van der Waals surface area (Å²) in [5.74, 6) is -0.187. The molecule has 0 radical (unpaired) electrons. The number of piperidine rings is 1. The molecular formula is C18H21N3O3. The van der Waals surface area contributed by atoms with Crippen molar-refractivity contribution in [2.45, 2.75) is 18.9 Å². The lowest BCUT2D eigenvalue weighted by Gasteiger charge is -2.31. The molecule has 1 saturated heterocycles. The Balaban J connectivity index is 1.61. The lowest BCUT2D eigenvalue weighted by Crippen LogP contribution is -2.46. The summed E-state index contributed by atoms with van der Waals surface area (Å²) in [5.41, 5.74) is 6.95. The zero-order valence-electron chi connectivity index (χ0n) is 13.4. The van der Waals surface area contributed by atoms with Crippen molar-refractivity contribution in [3.8, 4) is 11.1 Å². The lowest BCUT2D eigenvalue weighted by atomic mass is 10.0. The molecule has 1 aromatic carbocycles. The quantitative estimate of drug-likeness (QED) is 0.873. The minimum atomic E-state index is -0.319. The third kappa shape index (κ3) is 3.83. The minimum Gasteiger partial charge on any atom is -0.459 e. The average molecular weight is 327 g/mol. The van der Waals surface area contributed by atoms with Crippen LogP contribution >= 0.6 is 0 Å². The van der Waals surface area contributed by atoms with Crippen LogP contribution in [0.4, 0.5) is 0 Å². The number of rotatable bonds is 5. The normalized spacial score (nSPS) is 16.0. The molecule has 0 atom stereocenters. The third-order valence-corrected chi connectivity index (χ3v) is 4.26. The smallest absolute Gasteiger partial charge is 0.287 e. The minimum absolute atomic E-state index is 0.0790. The maximum Gasteiger partial charge on any atom is 0.287 e. The highest BCUT2D eigenvalue weighted by Gasteiger charge is 2.24. The second kappa shape index (κ2) is 7.31. The summed E-state index contributed by atoms with van der Waals surface area (Å²) in [6, 6.07) is 11.6. The molecule has 1 aliphatic rings. The topological polar surface area (TPSA) is 88.6 Å². The number of amides is 2. The van der Waals surface area contributed by atoms with Gasteiger partial charge in [-0.05, 0) is 24.5 Å². The Morgan fingerprint density at radius 1 is 1.17 bits per heavy atom. The number of carbonyl (C=O) groups excluding carboxylic acids is 2. The van der Waals surface area contributed by atoms with Crippen molar-refractivity contribution >= 4 is 11.8 Å². The molecule has 1 aliphatic heterocycles. The summed E-state index contributed by atoms with van der Waals surface area (Å²) in [5, 5.41) is 3.03. The van der Waals surface area contributed by atoms with Crippen molar-refractivity contribution in [2.24, 2.45) is 5.73 Å². The van der Waals surface area contributed by atoms with Crippen LogP contribution in [-0.4, -0.2) is 42.4 Å². The van der Waals surface area contributed by atoms with Crippen molar-refractivity contribution in [3.63, 3.8) is 0 Å². The first kappa shape index (κ1) is 16.3. The van der Waals surface area contributed by atoms with Crippen molar-refractivity contribution in [1.29, 1.82) is 0 Å². The van der Waals surface area contributed by atoms with Crippen LogP contribution in [0.1, 0.15) is 23.4 Å². The van der Waals surface area contributed by atoms with Crippen molar-refractivity contribution < 1.29 is 14.0 Å². The first-order valence-electron chi connectivity index (χ1n) is 8.08. The van der Waals surface area contributed by atoms with Crippen LogP contribution in [0.25, 0.3) is 11.1 Å². The molecule has 3 rings (SSSR count). The number of hydrogen-bond donors (Lipinski definition) is 2. The van der Waals surface area contributed by atoms with E-state index in [1.807, 2.05) is 35.2 Å². The van der Waals surface area contributed by atoms with Gasteiger partial charge in [0.05, 0.1) is 12.8 Å². The molecule has 2 amide bonds. The summed E-state index contributed by atoms with van der Waals surface area (Å²) in [4.78, 5) is 25.5. The monoisotopic (exact) mass is 327 g/mol. The number of nitrogens with two attached hydrogens (primary N) is 1. The molecule has 24 heavy (non-hydrogen) atoms. The van der Waals surface area contributed by atoms with Crippen LogP contribution in [0.2, 0.25) is 0 Å². The van der Waals surface area contributed by atoms with E-state index in [0.29, 0.717) is 5.76 Å². The second-order valence-electron chi connectivity index (χ2n) is 6.02. The summed E-state index contributed by atoms with van der Waals surface area (Å²) in [6.45, 7) is 1.77. The summed E-state index contributed by atoms with van der Waals surface area (Å²) in [7, 11) is 0. The molecule has 0 saturated carbocycles. The van der Waals surface area contributed by atoms with E-state index in [4.69, 9.17) is 10.2 Å². The van der Waals surface area contributed by atoms with E-state index in [2.05, 4.69) is 5.32 Å². The Morgan fingerprint density at radius 3 is 2.54 bits per heavy atom. The SMILES string of the molecule is NC(=O)CN1CCC(NC(=O)c2occc2-c2ccccc2)CC1. The molecule has 1 fully saturated rings. The van der Waals surface area contributed by atoms with E-state index in [0.717, 1.165) is 37.1 Å². The van der Waals surface area contributed by atoms with Crippen LogP contribution in [0.3, 0.4) is 0 Å². The zero-order valence-corrected chi connectivity index (χ0v) is 13.4. The molecule has 126 valence electrons. The summed E-state index contributed by atoms with van der Waals surface area (Å²) in [6.07, 6.45) is 3.12. The van der Waals surface area contributed by atoms with Gasteiger partial charge in [-0.3, -0.25) is 14.5 Å². The van der Waals surface area contributed by atoms with Gasteiger partial charge in [-0.1, -0.05) is 30.3 Å². The number of hydrogen-bond acceptors (Lipinski definition) is 4. The van der Waals surface area contributed by atoms with Crippen LogP contribution in [0.5, 0.6) is 0 Å². The Kier molecular flexibility index (Phi) is 4.96. The first-order chi connectivity index (χ1) is 11.6. The van der Waals surface area contributed by atoms with Crippen LogP contribution < -0.4 is 11.1 Å². The molecule has 0 spiro atoms. The number of primary amides is 1. The highest BCUT2D eigenvalue weighted by molar-refractivity contribution is 5.98. The Labute approximate surface area is 140 Å². The van der Waals surface area contributed by atoms with E-state index < -0.39 is 0 Å². The van der Waals surface area contributed by atoms with Crippen molar-refractivity contribution in [2.75, 3.05) is 19.6 Å². The fourth-order valence-electron chi connectivity index (χ4n) is 3.04. The first-order valence-corrected chi connectivity index (χ1v) is 8.08. The number of likely N-dealkylation sites (tertiary alicyclic amines) is 1. The molecule has 0 unspecified atom stereocenters. The van der Waals surface area contributed by atoms with Crippen molar-refractivity contribution in [1.82, 2.24) is 10.2 Å². The van der Waals surface area contributed by atoms with Crippen LogP contribution in [0, 0.1) is 0 Å². The maximum absolute atomic E-state index is 12.5. The largest absolute Gasteiger partial charge is 0.459 e. The molecule has 0 bridgehead atoms. The Morgan fingerprint density at radius 2 is 1.88 bits per heavy atom. The zero-order chi connectivity index (χ0) is 16.9. The molecular weight excluding hydrogens is 306 g/mol. The number of furan rings is 1. The predicted octanol–water partition coefficient (Wildman–Crippen LogP) is 1.63. The van der Waals surface area contributed by atoms with Gasteiger partial charge in [0, 0.05) is 24.7 Å². The standard InChI is InChI=1S/C18H21N3O3/c19-16(22)12-21-9-6-14(7-10-21)20-18(23)17-15(8-11-24-17)13-4-2-1-3-5-13/h1-5,8,11,14H,6-7,9-10,12H2,(H2,19,22)(H,20,23). The molecule has 3 N–H and O–H groups in total. The molecule has 6 nitrogen and oxygen atoms in total. The van der Waals surface area contributed by atoms with Gasteiger partial charge >= 0.3 is 0 Å². The van der Waals surface area contributed by atoms with E-state index in [1.165, 1.54) is 6.26 Å².